The molecule has 26 heavy (non-hydrogen) atoms. The number of benzene rings is 1. The first-order chi connectivity index (χ1) is 12.3. The number of nitrogens with zero attached hydrogens (tertiary/aromatic N) is 1. The summed E-state index contributed by atoms with van der Waals surface area (Å²) in [5.41, 5.74) is 0.446. The molecular weight excluding hydrogens is 360 g/mol. The summed E-state index contributed by atoms with van der Waals surface area (Å²) in [5.74, 6) is -0.743. The van der Waals surface area contributed by atoms with Gasteiger partial charge in [-0.2, -0.15) is 4.31 Å². The average molecular weight is 380 g/mol. The van der Waals surface area contributed by atoms with E-state index in [-0.39, 0.29) is 24.4 Å². The number of amides is 1. The second kappa shape index (κ2) is 8.63. The number of esters is 1. The highest BCUT2D eigenvalue weighted by atomic mass is 32.2. The molecule has 0 atom stereocenters. The molecule has 8 nitrogen and oxygen atoms in total. The highest BCUT2D eigenvalue weighted by Crippen LogP contribution is 2.17. The lowest BCUT2D eigenvalue weighted by Gasteiger charge is -2.18. The molecule has 1 amide bonds. The molecule has 1 heterocycles. The molecule has 1 aromatic carbocycles. The number of hydrogen-bond acceptors (Lipinski definition) is 6. The number of furan rings is 1. The topological polar surface area (TPSA) is 106 Å². The Labute approximate surface area is 151 Å². The molecule has 0 unspecified atom stereocenters. The maximum absolute atomic E-state index is 12.3. The fourth-order valence-corrected chi connectivity index (χ4v) is 2.91. The van der Waals surface area contributed by atoms with Gasteiger partial charge in [0.1, 0.15) is 5.76 Å². The maximum Gasteiger partial charge on any atom is 0.340 e. The van der Waals surface area contributed by atoms with Gasteiger partial charge in [0, 0.05) is 0 Å². The van der Waals surface area contributed by atoms with Gasteiger partial charge in [-0.05, 0) is 31.2 Å². The van der Waals surface area contributed by atoms with Crippen molar-refractivity contribution in [1.29, 1.82) is 0 Å². The lowest BCUT2D eigenvalue weighted by molar-refractivity contribution is -0.116. The smallest absolute Gasteiger partial charge is 0.340 e. The molecule has 0 bridgehead atoms. The fourth-order valence-electron chi connectivity index (χ4n) is 2.20. The second-order valence-electron chi connectivity index (χ2n) is 5.42. The van der Waals surface area contributed by atoms with E-state index in [0.717, 1.165) is 10.6 Å². The van der Waals surface area contributed by atoms with Crippen molar-refractivity contribution in [1.82, 2.24) is 4.31 Å². The molecule has 0 fully saturated rings. The van der Waals surface area contributed by atoms with Crippen molar-refractivity contribution >= 4 is 27.6 Å². The second-order valence-corrected chi connectivity index (χ2v) is 7.41. The number of ether oxygens (including phenoxy) is 1. The Morgan fingerprint density at radius 2 is 1.92 bits per heavy atom. The lowest BCUT2D eigenvalue weighted by Crippen LogP contribution is -2.37. The van der Waals surface area contributed by atoms with Crippen LogP contribution in [0.4, 0.5) is 5.69 Å². The van der Waals surface area contributed by atoms with Crippen LogP contribution in [-0.2, 0) is 26.1 Å². The van der Waals surface area contributed by atoms with Crippen LogP contribution in [0.25, 0.3) is 0 Å². The Morgan fingerprint density at radius 3 is 2.54 bits per heavy atom. The molecule has 0 aliphatic rings. The van der Waals surface area contributed by atoms with Gasteiger partial charge >= 0.3 is 5.97 Å². The third-order valence-corrected chi connectivity index (χ3v) is 4.59. The van der Waals surface area contributed by atoms with Crippen LogP contribution in [0.2, 0.25) is 0 Å². The number of rotatable bonds is 8. The molecule has 2 rings (SSSR count). The summed E-state index contributed by atoms with van der Waals surface area (Å²) >= 11 is 0. The van der Waals surface area contributed by atoms with E-state index in [4.69, 9.17) is 9.15 Å². The summed E-state index contributed by atoms with van der Waals surface area (Å²) in [6.07, 6.45) is 2.43. The van der Waals surface area contributed by atoms with Gasteiger partial charge in [0.05, 0.1) is 43.5 Å². The van der Waals surface area contributed by atoms with E-state index in [2.05, 4.69) is 5.32 Å². The van der Waals surface area contributed by atoms with Gasteiger partial charge in [0.15, 0.2) is 0 Å². The number of anilines is 1. The molecule has 0 radical (unpaired) electrons. The van der Waals surface area contributed by atoms with E-state index in [0.29, 0.717) is 5.76 Å². The van der Waals surface area contributed by atoms with Gasteiger partial charge < -0.3 is 14.5 Å². The van der Waals surface area contributed by atoms with E-state index < -0.39 is 28.4 Å². The summed E-state index contributed by atoms with van der Waals surface area (Å²) in [6, 6.07) is 9.60. The van der Waals surface area contributed by atoms with Crippen molar-refractivity contribution in [2.45, 2.75) is 13.5 Å². The Balaban J connectivity index is 2.12. The molecule has 1 N–H and O–H groups in total. The molecule has 0 saturated carbocycles. The molecule has 0 spiro atoms. The minimum Gasteiger partial charge on any atom is -0.468 e. The Kier molecular flexibility index (Phi) is 6.53. The standard InChI is InChI=1S/C17H20N2O6S/c1-3-24-17(21)14-8-4-5-9-15(14)18-16(20)12-19(26(2,22)23)11-13-7-6-10-25-13/h4-10H,3,11-12H2,1-2H3,(H,18,20). The van der Waals surface area contributed by atoms with E-state index in [1.165, 1.54) is 12.3 Å². The normalized spacial score (nSPS) is 11.3. The zero-order valence-electron chi connectivity index (χ0n) is 14.5. The SMILES string of the molecule is CCOC(=O)c1ccccc1NC(=O)CN(Cc1ccco1)S(C)(=O)=O. The Hall–Kier alpha value is -2.65. The van der Waals surface area contributed by atoms with Gasteiger partial charge in [-0.1, -0.05) is 12.1 Å². The van der Waals surface area contributed by atoms with Crippen LogP contribution in [-0.4, -0.2) is 44.0 Å². The summed E-state index contributed by atoms with van der Waals surface area (Å²) < 4.78 is 34.9. The number of nitrogens with one attached hydrogen (secondary N) is 1. The largest absolute Gasteiger partial charge is 0.468 e. The first kappa shape index (κ1) is 19.7. The molecule has 0 aliphatic heterocycles. The number of carbonyl (C=O) groups is 2. The minimum atomic E-state index is -3.64. The average Bonchev–Trinajstić information content (AvgIpc) is 3.07. The zero-order chi connectivity index (χ0) is 19.2. The van der Waals surface area contributed by atoms with Crippen LogP contribution in [0.3, 0.4) is 0 Å². The number of hydrogen-bond donors (Lipinski definition) is 1. The van der Waals surface area contributed by atoms with Crippen LogP contribution < -0.4 is 5.32 Å². The lowest BCUT2D eigenvalue weighted by atomic mass is 10.2. The molecule has 0 saturated heterocycles. The van der Waals surface area contributed by atoms with E-state index in [9.17, 15) is 18.0 Å². The predicted octanol–water partition coefficient (Wildman–Crippen LogP) is 1.86. The highest BCUT2D eigenvalue weighted by Gasteiger charge is 2.22. The van der Waals surface area contributed by atoms with E-state index in [1.807, 2.05) is 0 Å². The third-order valence-electron chi connectivity index (χ3n) is 3.40. The van der Waals surface area contributed by atoms with Crippen LogP contribution in [0.1, 0.15) is 23.0 Å². The number of para-hydroxylation sites is 1. The van der Waals surface area contributed by atoms with Gasteiger partial charge in [-0.15, -0.1) is 0 Å². The van der Waals surface area contributed by atoms with Gasteiger partial charge in [0.25, 0.3) is 0 Å². The summed E-state index contributed by atoms with van der Waals surface area (Å²) in [6.45, 7) is 1.39. The quantitative estimate of drug-likeness (QED) is 0.701. The third kappa shape index (κ3) is 5.43. The van der Waals surface area contributed by atoms with Gasteiger partial charge in [0.2, 0.25) is 15.9 Å². The fraction of sp³-hybridized carbons (Fsp3) is 0.294. The molecule has 1 aromatic heterocycles. The molecule has 9 heteroatoms. The highest BCUT2D eigenvalue weighted by molar-refractivity contribution is 7.88. The summed E-state index contributed by atoms with van der Waals surface area (Å²) in [7, 11) is -3.64. The molecule has 0 aliphatic carbocycles. The van der Waals surface area contributed by atoms with Crippen molar-refractivity contribution < 1.29 is 27.2 Å². The Morgan fingerprint density at radius 1 is 1.19 bits per heavy atom. The van der Waals surface area contributed by atoms with Crippen LogP contribution in [0.5, 0.6) is 0 Å². The first-order valence-corrected chi connectivity index (χ1v) is 9.69. The van der Waals surface area contributed by atoms with E-state index >= 15 is 0 Å². The molecular formula is C17H20N2O6S. The minimum absolute atomic E-state index is 0.0707. The van der Waals surface area contributed by atoms with Gasteiger partial charge in [-0.3, -0.25) is 4.79 Å². The van der Waals surface area contributed by atoms with Crippen LogP contribution in [0, 0.1) is 0 Å². The van der Waals surface area contributed by atoms with E-state index in [1.54, 1.807) is 37.3 Å². The predicted molar refractivity (Wildman–Crippen MR) is 95.0 cm³/mol. The molecule has 2 aromatic rings. The zero-order valence-corrected chi connectivity index (χ0v) is 15.3. The maximum atomic E-state index is 12.3. The number of sulfonamides is 1. The molecule has 140 valence electrons. The van der Waals surface area contributed by atoms with Crippen LogP contribution >= 0.6 is 0 Å². The Bertz CT molecular complexity index is 861. The van der Waals surface area contributed by atoms with Gasteiger partial charge in [-0.25, -0.2) is 13.2 Å². The first-order valence-electron chi connectivity index (χ1n) is 7.84. The van der Waals surface area contributed by atoms with Crippen molar-refractivity contribution in [3.63, 3.8) is 0 Å². The summed E-state index contributed by atoms with van der Waals surface area (Å²) in [5, 5.41) is 2.56. The number of carbonyl (C=O) groups excluding carboxylic acids is 2. The van der Waals surface area contributed by atoms with Crippen molar-refractivity contribution in [3.05, 3.63) is 54.0 Å². The summed E-state index contributed by atoms with van der Waals surface area (Å²) in [4.78, 5) is 24.3. The van der Waals surface area contributed by atoms with Crippen LogP contribution in [0.15, 0.2) is 47.1 Å². The van der Waals surface area contributed by atoms with Crippen molar-refractivity contribution in [3.8, 4) is 0 Å². The van der Waals surface area contributed by atoms with Crippen molar-refractivity contribution in [2.24, 2.45) is 0 Å². The monoisotopic (exact) mass is 380 g/mol. The van der Waals surface area contributed by atoms with Crippen molar-refractivity contribution in [2.75, 3.05) is 24.7 Å².